The Balaban J connectivity index is 0.000000186. The van der Waals surface area contributed by atoms with Gasteiger partial charge in [0.05, 0.1) is 39.3 Å². The zero-order valence-corrected chi connectivity index (χ0v) is 24.8. The molecule has 2 aromatic carbocycles. The number of aromatic nitrogens is 2. The smallest absolute Gasteiger partial charge is 0.339 e. The highest BCUT2D eigenvalue weighted by Crippen LogP contribution is 2.38. The van der Waals surface area contributed by atoms with Crippen LogP contribution in [0, 0.1) is 7.14 Å². The van der Waals surface area contributed by atoms with E-state index in [2.05, 4.69) is 55.1 Å². The molecule has 0 aliphatic carbocycles. The fraction of sp³-hybridized carbons (Fsp3) is 0.143. The summed E-state index contributed by atoms with van der Waals surface area (Å²) in [4.78, 5) is 30.9. The number of carboxylic acids is 1. The van der Waals surface area contributed by atoms with Crippen LogP contribution in [0.3, 0.4) is 0 Å². The van der Waals surface area contributed by atoms with Crippen molar-refractivity contribution in [2.75, 3.05) is 19.6 Å². The number of ether oxygens (including phenoxy) is 1. The number of aromatic amines is 2. The molecule has 33 heavy (non-hydrogen) atoms. The third-order valence-electron chi connectivity index (χ3n) is 4.70. The number of carboxylic acid groups (broad SMARTS) is 1. The molecule has 2 aromatic heterocycles. The predicted octanol–water partition coefficient (Wildman–Crippen LogP) is 7.78. The number of esters is 1. The van der Waals surface area contributed by atoms with E-state index in [0.29, 0.717) is 15.6 Å². The van der Waals surface area contributed by atoms with Crippen molar-refractivity contribution in [2.24, 2.45) is 0 Å². The van der Waals surface area contributed by atoms with Gasteiger partial charge in [0.1, 0.15) is 0 Å². The van der Waals surface area contributed by atoms with Gasteiger partial charge in [-0.1, -0.05) is 23.2 Å². The summed E-state index contributed by atoms with van der Waals surface area (Å²) in [7, 11) is 1.35. The van der Waals surface area contributed by atoms with Crippen molar-refractivity contribution >= 4 is 126 Å². The maximum atomic E-state index is 11.6. The number of nitrogens with one attached hydrogen (secondary N) is 2. The topological polar surface area (TPSA) is 95.2 Å². The summed E-state index contributed by atoms with van der Waals surface area (Å²) in [5, 5.41) is 11.5. The minimum atomic E-state index is -1.00. The average Bonchev–Trinajstić information content (AvgIpc) is 3.43. The molecular weight excluding hydrogens is 733 g/mol. The van der Waals surface area contributed by atoms with Crippen molar-refractivity contribution in [2.45, 2.75) is 9.79 Å². The van der Waals surface area contributed by atoms with Crippen LogP contribution in [0.5, 0.6) is 0 Å². The predicted molar refractivity (Wildman–Crippen MR) is 154 cm³/mol. The molecule has 0 amide bonds. The van der Waals surface area contributed by atoms with Crippen LogP contribution in [-0.4, -0.2) is 46.6 Å². The van der Waals surface area contributed by atoms with E-state index < -0.39 is 11.9 Å². The highest BCUT2D eigenvalue weighted by Gasteiger charge is 2.19. The molecule has 174 valence electrons. The minimum absolute atomic E-state index is 0.147. The van der Waals surface area contributed by atoms with Gasteiger partial charge in [-0.3, -0.25) is 0 Å². The maximum absolute atomic E-state index is 11.6. The van der Waals surface area contributed by atoms with Gasteiger partial charge < -0.3 is 19.8 Å². The number of hydrogen-bond acceptors (Lipinski definition) is 5. The van der Waals surface area contributed by atoms with Crippen molar-refractivity contribution in [1.82, 2.24) is 9.97 Å². The number of fused-ring (bicyclic) bond motifs is 2. The third kappa shape index (κ3) is 5.25. The molecule has 0 fully saturated rings. The number of hydrogen-bond donors (Lipinski definition) is 3. The molecule has 0 atom stereocenters. The van der Waals surface area contributed by atoms with Crippen molar-refractivity contribution < 1.29 is 19.4 Å². The molecule has 0 aliphatic heterocycles. The van der Waals surface area contributed by atoms with E-state index in [0.717, 1.165) is 38.7 Å². The van der Waals surface area contributed by atoms with E-state index in [4.69, 9.17) is 33.0 Å². The van der Waals surface area contributed by atoms with Gasteiger partial charge in [-0.15, -0.1) is 23.5 Å². The Kier molecular flexibility index (Phi) is 9.17. The molecule has 0 radical (unpaired) electrons. The zero-order chi connectivity index (χ0) is 24.4. The summed E-state index contributed by atoms with van der Waals surface area (Å²) in [6.07, 6.45) is 7.63. The Hall–Kier alpha value is -0.800. The number of rotatable bonds is 4. The molecule has 0 unspecified atom stereocenters. The first kappa shape index (κ1) is 26.8. The molecule has 0 aliphatic rings. The lowest BCUT2D eigenvalue weighted by atomic mass is 10.1. The van der Waals surface area contributed by atoms with Crippen molar-refractivity contribution in [1.29, 1.82) is 0 Å². The van der Waals surface area contributed by atoms with Gasteiger partial charge in [0.25, 0.3) is 0 Å². The van der Waals surface area contributed by atoms with Gasteiger partial charge in [-0.25, -0.2) is 9.59 Å². The highest BCUT2D eigenvalue weighted by atomic mass is 127. The number of H-pyrrole nitrogens is 2. The molecular formula is C21H16Cl2I2N2O4S2. The molecule has 4 rings (SSSR count). The Morgan fingerprint density at radius 2 is 1.33 bits per heavy atom. The van der Waals surface area contributed by atoms with Crippen LogP contribution in [0.25, 0.3) is 21.8 Å². The zero-order valence-electron chi connectivity index (χ0n) is 17.3. The first-order valence-electron chi connectivity index (χ1n) is 9.03. The van der Waals surface area contributed by atoms with Gasteiger partial charge in [-0.05, 0) is 69.8 Å². The van der Waals surface area contributed by atoms with E-state index in [9.17, 15) is 9.59 Å². The fourth-order valence-electron chi connectivity index (χ4n) is 3.15. The molecule has 6 nitrogen and oxygen atoms in total. The lowest BCUT2D eigenvalue weighted by molar-refractivity contribution is 0.0600. The molecule has 3 N–H and O–H groups in total. The summed E-state index contributed by atoms with van der Waals surface area (Å²) >= 11 is 19.8. The SMILES string of the molecule is COC(=O)c1cc(I)c2[nH]cc(SC)c2c1Cl.CSc1c[nH]c2c(I)cc(C(=O)O)c(Cl)c12. The van der Waals surface area contributed by atoms with Gasteiger partial charge in [0, 0.05) is 40.1 Å². The Morgan fingerprint density at radius 3 is 1.73 bits per heavy atom. The van der Waals surface area contributed by atoms with Crippen molar-refractivity contribution in [3.63, 3.8) is 0 Å². The molecule has 0 spiro atoms. The van der Waals surface area contributed by atoms with Crippen LogP contribution in [0.15, 0.2) is 34.3 Å². The Bertz CT molecular complexity index is 1390. The fourth-order valence-corrected chi connectivity index (χ4v) is 6.57. The second-order valence-corrected chi connectivity index (χ2v) is 11.2. The number of carbonyl (C=O) groups excluding carboxylic acids is 1. The average molecular weight is 749 g/mol. The largest absolute Gasteiger partial charge is 0.478 e. The van der Waals surface area contributed by atoms with Gasteiger partial charge >= 0.3 is 11.9 Å². The van der Waals surface area contributed by atoms with Crippen LogP contribution >= 0.6 is 91.9 Å². The molecule has 2 heterocycles. The van der Waals surface area contributed by atoms with E-state index in [1.54, 1.807) is 23.9 Å². The van der Waals surface area contributed by atoms with Crippen LogP contribution < -0.4 is 0 Å². The van der Waals surface area contributed by atoms with Crippen molar-refractivity contribution in [3.05, 3.63) is 52.8 Å². The number of halogens is 4. The third-order valence-corrected chi connectivity index (χ3v) is 8.71. The lowest BCUT2D eigenvalue weighted by Gasteiger charge is -2.06. The number of aromatic carboxylic acids is 1. The molecule has 0 bridgehead atoms. The first-order chi connectivity index (χ1) is 15.7. The van der Waals surface area contributed by atoms with E-state index in [1.807, 2.05) is 24.9 Å². The van der Waals surface area contributed by atoms with Crippen LogP contribution in [0.1, 0.15) is 20.7 Å². The van der Waals surface area contributed by atoms with Gasteiger partial charge in [0.15, 0.2) is 0 Å². The van der Waals surface area contributed by atoms with E-state index in [1.165, 1.54) is 18.9 Å². The summed E-state index contributed by atoms with van der Waals surface area (Å²) in [5.74, 6) is -1.42. The summed E-state index contributed by atoms with van der Waals surface area (Å²) in [5.41, 5.74) is 2.39. The highest BCUT2D eigenvalue weighted by molar-refractivity contribution is 14.1. The Morgan fingerprint density at radius 1 is 0.909 bits per heavy atom. The molecule has 4 aromatic rings. The molecule has 0 saturated carbocycles. The van der Waals surface area contributed by atoms with E-state index in [-0.39, 0.29) is 5.56 Å². The Labute approximate surface area is 235 Å². The second-order valence-electron chi connectivity index (χ2n) is 6.45. The van der Waals surface area contributed by atoms with Crippen molar-refractivity contribution in [3.8, 4) is 0 Å². The van der Waals surface area contributed by atoms with Crippen LogP contribution in [-0.2, 0) is 4.74 Å². The molecule has 0 saturated heterocycles. The number of thioether (sulfide) groups is 2. The summed E-state index contributed by atoms with van der Waals surface area (Å²) in [6, 6.07) is 3.31. The van der Waals surface area contributed by atoms with E-state index >= 15 is 0 Å². The molecule has 12 heteroatoms. The maximum Gasteiger partial charge on any atom is 0.339 e. The van der Waals surface area contributed by atoms with Crippen LogP contribution in [0.4, 0.5) is 0 Å². The normalized spacial score (nSPS) is 10.9. The lowest BCUT2D eigenvalue weighted by Crippen LogP contribution is -2.03. The van der Waals surface area contributed by atoms with Gasteiger partial charge in [0.2, 0.25) is 0 Å². The number of methoxy groups -OCH3 is 1. The standard InChI is InChI=1S/C11H9ClINO2S.C10H7ClINO2S/c1-16-11(15)5-3-6(13)10-8(9(5)12)7(17-2)4-14-10;1-16-6-3-13-9-5(12)2-4(10(14)15)8(11)7(6)9/h3-4,14H,1-2H3;2-3,13H,1H3,(H,14,15). The monoisotopic (exact) mass is 748 g/mol. The minimum Gasteiger partial charge on any atom is -0.478 e. The number of carbonyl (C=O) groups is 2. The quantitative estimate of drug-likeness (QED) is 0.112. The number of benzene rings is 2. The summed E-state index contributed by atoms with van der Waals surface area (Å²) in [6.45, 7) is 0. The second kappa shape index (κ2) is 11.3. The van der Waals surface area contributed by atoms with Crippen LogP contribution in [0.2, 0.25) is 10.0 Å². The van der Waals surface area contributed by atoms with Gasteiger partial charge in [-0.2, -0.15) is 0 Å². The summed E-state index contributed by atoms with van der Waals surface area (Å²) < 4.78 is 6.53. The first-order valence-corrected chi connectivity index (χ1v) is 14.4.